The molecule has 3 N–H and O–H groups in total. The Bertz CT molecular complexity index is 753. The molecule has 25 heavy (non-hydrogen) atoms. The highest BCUT2D eigenvalue weighted by atomic mass is 32.2. The standard InChI is InChI=1S/C16H22BNO6S/c19-16(20)6-15-4-3-14(17(21)24-15)10-25(22,23)9-11-1-2-12-7-18-8-13(12)5-11/h1-2,5,14-15,18,21H,3-4,6-10H2,(H,19,20)/t14-,15+/m1/s1. The topological polar surface area (TPSA) is 113 Å². The number of rotatable bonds is 6. The highest BCUT2D eigenvalue weighted by Crippen LogP contribution is 2.30. The normalized spacial score (nSPS) is 23.5. The Morgan fingerprint density at radius 1 is 1.28 bits per heavy atom. The monoisotopic (exact) mass is 367 g/mol. The van der Waals surface area contributed by atoms with Crippen LogP contribution >= 0.6 is 0 Å². The summed E-state index contributed by atoms with van der Waals surface area (Å²) in [6.07, 6.45) is 0.135. The van der Waals surface area contributed by atoms with Gasteiger partial charge in [0.2, 0.25) is 0 Å². The zero-order valence-electron chi connectivity index (χ0n) is 13.8. The minimum absolute atomic E-state index is 0.0674. The predicted molar refractivity (Wildman–Crippen MR) is 92.6 cm³/mol. The van der Waals surface area contributed by atoms with Crippen molar-refractivity contribution in [1.82, 2.24) is 5.32 Å². The van der Waals surface area contributed by atoms with Crippen LogP contribution in [0.5, 0.6) is 0 Å². The van der Waals surface area contributed by atoms with Gasteiger partial charge >= 0.3 is 13.1 Å². The van der Waals surface area contributed by atoms with Crippen LogP contribution < -0.4 is 5.32 Å². The van der Waals surface area contributed by atoms with Gasteiger partial charge in [-0.2, -0.15) is 0 Å². The summed E-state index contributed by atoms with van der Waals surface area (Å²) in [7, 11) is -4.64. The van der Waals surface area contributed by atoms with Gasteiger partial charge in [0.25, 0.3) is 0 Å². The fourth-order valence-corrected chi connectivity index (χ4v) is 5.30. The SMILES string of the molecule is O=C(O)C[C@@H]1CC[C@H](CS(=O)(=O)Cc2ccc3c(c2)CNC3)B(O)O1. The molecule has 2 aliphatic rings. The van der Waals surface area contributed by atoms with E-state index >= 15 is 0 Å². The van der Waals surface area contributed by atoms with Crippen molar-refractivity contribution in [2.24, 2.45) is 0 Å². The molecule has 2 atom stereocenters. The molecule has 0 aliphatic carbocycles. The number of hydrogen-bond acceptors (Lipinski definition) is 6. The molecule has 0 aromatic heterocycles. The first kappa shape index (κ1) is 18.4. The first-order valence-electron chi connectivity index (χ1n) is 8.39. The van der Waals surface area contributed by atoms with Gasteiger partial charge in [-0.25, -0.2) is 8.42 Å². The van der Waals surface area contributed by atoms with E-state index in [2.05, 4.69) is 5.32 Å². The molecule has 2 aliphatic heterocycles. The van der Waals surface area contributed by atoms with Gasteiger partial charge in [-0.1, -0.05) is 18.2 Å². The lowest BCUT2D eigenvalue weighted by atomic mass is 9.68. The van der Waals surface area contributed by atoms with E-state index in [0.717, 1.165) is 24.2 Å². The smallest absolute Gasteiger partial charge is 0.458 e. The van der Waals surface area contributed by atoms with Crippen LogP contribution in [-0.2, 0) is 38.1 Å². The van der Waals surface area contributed by atoms with Crippen molar-refractivity contribution in [3.63, 3.8) is 0 Å². The van der Waals surface area contributed by atoms with Gasteiger partial charge in [0, 0.05) is 18.9 Å². The molecule has 136 valence electrons. The molecule has 0 spiro atoms. The van der Waals surface area contributed by atoms with Gasteiger partial charge in [0.1, 0.15) is 0 Å². The average molecular weight is 367 g/mol. The second-order valence-electron chi connectivity index (χ2n) is 6.85. The zero-order chi connectivity index (χ0) is 18.0. The molecule has 9 heteroatoms. The maximum atomic E-state index is 12.5. The number of carbonyl (C=O) groups is 1. The molecule has 0 amide bonds. The molecule has 0 saturated carbocycles. The van der Waals surface area contributed by atoms with Crippen molar-refractivity contribution in [2.75, 3.05) is 5.75 Å². The van der Waals surface area contributed by atoms with E-state index in [4.69, 9.17) is 9.76 Å². The van der Waals surface area contributed by atoms with E-state index in [0.29, 0.717) is 12.8 Å². The Morgan fingerprint density at radius 3 is 2.76 bits per heavy atom. The molecule has 1 saturated heterocycles. The Hall–Kier alpha value is -1.42. The average Bonchev–Trinajstić information content (AvgIpc) is 2.96. The van der Waals surface area contributed by atoms with Gasteiger partial charge < -0.3 is 20.1 Å². The number of benzene rings is 1. The fraction of sp³-hybridized carbons (Fsp3) is 0.562. The Kier molecular flexibility index (Phi) is 5.48. The van der Waals surface area contributed by atoms with Crippen LogP contribution in [0.3, 0.4) is 0 Å². The third kappa shape index (κ3) is 4.81. The first-order chi connectivity index (χ1) is 11.8. The van der Waals surface area contributed by atoms with E-state index in [1.54, 1.807) is 0 Å². The number of carboxylic acid groups (broad SMARTS) is 1. The summed E-state index contributed by atoms with van der Waals surface area (Å²) in [5.41, 5.74) is 3.07. The van der Waals surface area contributed by atoms with Crippen LogP contribution in [0.4, 0.5) is 0 Å². The minimum Gasteiger partial charge on any atom is -0.481 e. The molecule has 1 fully saturated rings. The third-order valence-electron chi connectivity index (χ3n) is 4.75. The molecule has 1 aromatic rings. The second kappa shape index (κ2) is 7.45. The molecule has 0 unspecified atom stereocenters. The zero-order valence-corrected chi connectivity index (χ0v) is 14.7. The molecule has 1 aromatic carbocycles. The molecule has 0 bridgehead atoms. The summed E-state index contributed by atoms with van der Waals surface area (Å²) in [5, 5.41) is 22.0. The van der Waals surface area contributed by atoms with Gasteiger partial charge in [-0.05, 0) is 29.5 Å². The first-order valence-corrected chi connectivity index (χ1v) is 10.2. The summed E-state index contributed by atoms with van der Waals surface area (Å²) >= 11 is 0. The molecule has 7 nitrogen and oxygen atoms in total. The van der Waals surface area contributed by atoms with E-state index in [-0.39, 0.29) is 17.9 Å². The maximum absolute atomic E-state index is 12.5. The van der Waals surface area contributed by atoms with Crippen LogP contribution in [0.1, 0.15) is 36.0 Å². The minimum atomic E-state index is -3.40. The summed E-state index contributed by atoms with van der Waals surface area (Å²) in [4.78, 5) is 10.7. The Morgan fingerprint density at radius 2 is 2.04 bits per heavy atom. The quantitative estimate of drug-likeness (QED) is 0.635. The highest BCUT2D eigenvalue weighted by molar-refractivity contribution is 7.90. The summed E-state index contributed by atoms with van der Waals surface area (Å²) in [6.45, 7) is 1.56. The summed E-state index contributed by atoms with van der Waals surface area (Å²) in [6, 6.07) is 5.71. The largest absolute Gasteiger partial charge is 0.481 e. The molecular formula is C16H22BNO6S. The van der Waals surface area contributed by atoms with E-state index in [9.17, 15) is 18.2 Å². The number of aliphatic carboxylic acids is 1. The number of fused-ring (bicyclic) bond motifs is 1. The molecular weight excluding hydrogens is 345 g/mol. The van der Waals surface area contributed by atoms with Crippen molar-refractivity contribution in [2.45, 2.75) is 50.0 Å². The lowest BCUT2D eigenvalue weighted by molar-refractivity contribution is -0.139. The van der Waals surface area contributed by atoms with Crippen LogP contribution in [0.2, 0.25) is 5.82 Å². The number of nitrogens with one attached hydrogen (secondary N) is 1. The van der Waals surface area contributed by atoms with Gasteiger partial charge in [0.05, 0.1) is 24.0 Å². The van der Waals surface area contributed by atoms with Crippen LogP contribution in [0.15, 0.2) is 18.2 Å². The summed E-state index contributed by atoms with van der Waals surface area (Å²) < 4.78 is 30.3. The van der Waals surface area contributed by atoms with Crippen LogP contribution in [-0.4, -0.2) is 43.5 Å². The molecule has 2 heterocycles. The van der Waals surface area contributed by atoms with Gasteiger partial charge in [0.15, 0.2) is 9.84 Å². The summed E-state index contributed by atoms with van der Waals surface area (Å²) in [5.74, 6) is -1.74. The Labute approximate surface area is 147 Å². The van der Waals surface area contributed by atoms with Crippen molar-refractivity contribution in [3.8, 4) is 0 Å². The van der Waals surface area contributed by atoms with E-state index in [1.807, 2.05) is 18.2 Å². The fourth-order valence-electron chi connectivity index (χ4n) is 3.51. The van der Waals surface area contributed by atoms with E-state index < -0.39 is 34.8 Å². The predicted octanol–water partition coefficient (Wildman–Crippen LogP) is 0.709. The van der Waals surface area contributed by atoms with Crippen molar-refractivity contribution in [1.29, 1.82) is 0 Å². The molecule has 3 rings (SSSR count). The number of carboxylic acids is 1. The lowest BCUT2D eigenvalue weighted by Crippen LogP contribution is -2.39. The van der Waals surface area contributed by atoms with Gasteiger partial charge in [-0.3, -0.25) is 4.79 Å². The maximum Gasteiger partial charge on any atom is 0.458 e. The van der Waals surface area contributed by atoms with Crippen molar-refractivity contribution < 1.29 is 28.0 Å². The Balaban J connectivity index is 1.59. The number of hydrogen-bond donors (Lipinski definition) is 3. The van der Waals surface area contributed by atoms with Crippen molar-refractivity contribution in [3.05, 3.63) is 34.9 Å². The second-order valence-corrected chi connectivity index (χ2v) is 8.95. The molecule has 0 radical (unpaired) electrons. The lowest BCUT2D eigenvalue weighted by Gasteiger charge is -2.30. The van der Waals surface area contributed by atoms with Crippen LogP contribution in [0.25, 0.3) is 0 Å². The van der Waals surface area contributed by atoms with Crippen LogP contribution in [0, 0.1) is 0 Å². The number of sulfone groups is 1. The highest BCUT2D eigenvalue weighted by Gasteiger charge is 2.38. The van der Waals surface area contributed by atoms with Gasteiger partial charge in [-0.15, -0.1) is 0 Å². The van der Waals surface area contributed by atoms with E-state index in [1.165, 1.54) is 5.56 Å². The van der Waals surface area contributed by atoms with Crippen molar-refractivity contribution >= 4 is 22.9 Å². The third-order valence-corrected chi connectivity index (χ3v) is 6.46.